The summed E-state index contributed by atoms with van der Waals surface area (Å²) >= 11 is 1.18. The Morgan fingerprint density at radius 2 is 1.92 bits per heavy atom. The number of quaternary nitrogens is 1. The number of aromatic amines is 1. The van der Waals surface area contributed by atoms with Gasteiger partial charge in [-0.25, -0.2) is 4.79 Å². The summed E-state index contributed by atoms with van der Waals surface area (Å²) in [5.41, 5.74) is 3.30. The molecule has 5 heteroatoms. The van der Waals surface area contributed by atoms with Crippen molar-refractivity contribution in [1.29, 1.82) is 0 Å². The van der Waals surface area contributed by atoms with Crippen LogP contribution in [0.25, 0.3) is 10.9 Å². The summed E-state index contributed by atoms with van der Waals surface area (Å²) in [4.78, 5) is 16.9. The maximum absolute atomic E-state index is 12.3. The monoisotopic (exact) mass is 355 g/mol. The topological polar surface area (TPSA) is 46.5 Å². The first-order chi connectivity index (χ1) is 12.1. The molecule has 0 atom stereocenters. The van der Waals surface area contributed by atoms with Gasteiger partial charge >= 0.3 is 5.30 Å². The second kappa shape index (κ2) is 8.23. The molecule has 2 aromatic carbocycles. The van der Waals surface area contributed by atoms with E-state index >= 15 is 0 Å². The van der Waals surface area contributed by atoms with Crippen molar-refractivity contribution < 1.29 is 14.4 Å². The number of H-pyrrole nitrogens is 1. The minimum absolute atomic E-state index is 0.276. The maximum atomic E-state index is 12.3. The summed E-state index contributed by atoms with van der Waals surface area (Å²) in [5, 5.41) is 0.735. The Balaban J connectivity index is 1.71. The van der Waals surface area contributed by atoms with Crippen LogP contribution in [-0.2, 0) is 12.2 Å². The van der Waals surface area contributed by atoms with Gasteiger partial charge in [-0.3, -0.25) is 0 Å². The molecule has 1 aromatic heterocycles. The number of hydrogen-bond donors (Lipinski definition) is 2. The van der Waals surface area contributed by atoms with E-state index in [4.69, 9.17) is 4.74 Å². The number of carbonyl (C=O) groups is 1. The highest BCUT2D eigenvalue weighted by atomic mass is 32.2. The Labute approximate surface area is 152 Å². The summed E-state index contributed by atoms with van der Waals surface area (Å²) < 4.78 is 5.65. The summed E-state index contributed by atoms with van der Waals surface area (Å²) in [6, 6.07) is 15.7. The van der Waals surface area contributed by atoms with Gasteiger partial charge in [0.1, 0.15) is 5.75 Å². The number of likely N-dealkylation sites (N-methyl/N-ethyl adjacent to an activating group) is 1. The van der Waals surface area contributed by atoms with Gasteiger partial charge in [0.05, 0.1) is 20.6 Å². The van der Waals surface area contributed by atoms with Crippen molar-refractivity contribution in [3.8, 4) is 5.75 Å². The van der Waals surface area contributed by atoms with Gasteiger partial charge < -0.3 is 14.6 Å². The van der Waals surface area contributed by atoms with Gasteiger partial charge in [0.25, 0.3) is 0 Å². The quantitative estimate of drug-likeness (QED) is 0.667. The van der Waals surface area contributed by atoms with Gasteiger partial charge in [-0.1, -0.05) is 36.4 Å². The van der Waals surface area contributed by atoms with Crippen LogP contribution in [0.15, 0.2) is 54.7 Å². The standard InChI is InChI=1S/C20H22N2O2S/c1-22(2)12-11-16-13-21-17-9-6-10-18(19(16)17)24-20(23)25-14-15-7-4-3-5-8-15/h3-10,13,21H,11-12,14H2,1-2H3/p+1. The number of aromatic nitrogens is 1. The SMILES string of the molecule is C[NH+](C)CCc1c[nH]c2cccc(OC(=O)SCc3ccccc3)c12. The normalized spacial score (nSPS) is 11.2. The number of carbonyl (C=O) groups excluding carboxylic acids is 1. The van der Waals surface area contributed by atoms with E-state index < -0.39 is 0 Å². The molecule has 0 amide bonds. The third-order valence-corrected chi connectivity index (χ3v) is 4.83. The Morgan fingerprint density at radius 1 is 1.12 bits per heavy atom. The van der Waals surface area contributed by atoms with Gasteiger partial charge in [-0.15, -0.1) is 0 Å². The van der Waals surface area contributed by atoms with E-state index in [1.54, 1.807) is 0 Å². The third kappa shape index (κ3) is 4.65. The van der Waals surface area contributed by atoms with Crippen LogP contribution in [0.5, 0.6) is 5.75 Å². The number of fused-ring (bicyclic) bond motifs is 1. The summed E-state index contributed by atoms with van der Waals surface area (Å²) in [5.74, 6) is 1.24. The fourth-order valence-corrected chi connectivity index (χ4v) is 3.35. The molecule has 0 bridgehead atoms. The minimum Gasteiger partial charge on any atom is -0.418 e. The molecule has 0 aliphatic rings. The number of benzene rings is 2. The van der Waals surface area contributed by atoms with E-state index in [2.05, 4.69) is 19.1 Å². The second-order valence-corrected chi connectivity index (χ2v) is 7.24. The molecular formula is C20H23N2O2S+. The van der Waals surface area contributed by atoms with Gasteiger partial charge in [0.15, 0.2) is 0 Å². The van der Waals surface area contributed by atoms with Crippen LogP contribution in [0.3, 0.4) is 0 Å². The average Bonchev–Trinajstić information content (AvgIpc) is 3.03. The zero-order valence-corrected chi connectivity index (χ0v) is 15.4. The fraction of sp³-hybridized carbons (Fsp3) is 0.250. The Kier molecular flexibility index (Phi) is 5.79. The molecule has 0 unspecified atom stereocenters. The van der Waals surface area contributed by atoms with Gasteiger partial charge in [-0.2, -0.15) is 0 Å². The Hall–Kier alpha value is -2.24. The molecule has 0 radical (unpaired) electrons. The smallest absolute Gasteiger partial charge is 0.373 e. The molecule has 2 N–H and O–H groups in total. The van der Waals surface area contributed by atoms with Crippen LogP contribution in [0.2, 0.25) is 0 Å². The lowest BCUT2D eigenvalue weighted by atomic mass is 10.1. The van der Waals surface area contributed by atoms with Crippen LogP contribution < -0.4 is 9.64 Å². The highest BCUT2D eigenvalue weighted by Crippen LogP contribution is 2.30. The minimum atomic E-state index is -0.276. The van der Waals surface area contributed by atoms with Gasteiger partial charge in [-0.05, 0) is 35.0 Å². The molecule has 0 spiro atoms. The zero-order chi connectivity index (χ0) is 17.6. The first-order valence-electron chi connectivity index (χ1n) is 8.40. The summed E-state index contributed by atoms with van der Waals surface area (Å²) in [6.07, 6.45) is 2.95. The van der Waals surface area contributed by atoms with E-state index in [9.17, 15) is 4.79 Å². The van der Waals surface area contributed by atoms with Crippen molar-refractivity contribution in [3.05, 3.63) is 65.9 Å². The lowest BCUT2D eigenvalue weighted by Gasteiger charge is -2.09. The predicted molar refractivity (Wildman–Crippen MR) is 103 cm³/mol. The van der Waals surface area contributed by atoms with Crippen molar-refractivity contribution in [3.63, 3.8) is 0 Å². The number of ether oxygens (including phenoxy) is 1. The largest absolute Gasteiger partial charge is 0.418 e. The van der Waals surface area contributed by atoms with Crippen LogP contribution in [0.1, 0.15) is 11.1 Å². The molecule has 0 saturated heterocycles. The van der Waals surface area contributed by atoms with Crippen LogP contribution in [-0.4, -0.2) is 30.9 Å². The van der Waals surface area contributed by atoms with Crippen molar-refractivity contribution in [2.45, 2.75) is 12.2 Å². The highest BCUT2D eigenvalue weighted by molar-refractivity contribution is 8.12. The van der Waals surface area contributed by atoms with Crippen LogP contribution >= 0.6 is 11.8 Å². The van der Waals surface area contributed by atoms with Crippen molar-refractivity contribution >= 4 is 28.0 Å². The molecule has 0 aliphatic heterocycles. The van der Waals surface area contributed by atoms with Crippen molar-refractivity contribution in [1.82, 2.24) is 4.98 Å². The Morgan fingerprint density at radius 3 is 2.68 bits per heavy atom. The number of nitrogens with one attached hydrogen (secondary N) is 2. The van der Waals surface area contributed by atoms with E-state index in [-0.39, 0.29) is 5.30 Å². The molecule has 1 heterocycles. The molecule has 0 saturated carbocycles. The fourth-order valence-electron chi connectivity index (χ4n) is 2.72. The number of rotatable bonds is 6. The summed E-state index contributed by atoms with van der Waals surface area (Å²) in [6.45, 7) is 1.03. The van der Waals surface area contributed by atoms with E-state index in [1.807, 2.05) is 54.7 Å². The van der Waals surface area contributed by atoms with Crippen molar-refractivity contribution in [2.75, 3.05) is 20.6 Å². The highest BCUT2D eigenvalue weighted by Gasteiger charge is 2.14. The van der Waals surface area contributed by atoms with Crippen molar-refractivity contribution in [2.24, 2.45) is 0 Å². The zero-order valence-electron chi connectivity index (χ0n) is 14.5. The molecule has 130 valence electrons. The molecule has 4 nitrogen and oxygen atoms in total. The van der Waals surface area contributed by atoms with Crippen LogP contribution in [0, 0.1) is 0 Å². The predicted octanol–water partition coefficient (Wildman–Crippen LogP) is 3.29. The van der Waals surface area contributed by atoms with E-state index in [0.29, 0.717) is 11.5 Å². The van der Waals surface area contributed by atoms with E-state index in [1.165, 1.54) is 22.2 Å². The van der Waals surface area contributed by atoms with Gasteiger partial charge in [0, 0.05) is 29.3 Å². The van der Waals surface area contributed by atoms with Gasteiger partial charge in [0.2, 0.25) is 0 Å². The molecule has 0 fully saturated rings. The van der Waals surface area contributed by atoms with E-state index in [0.717, 1.165) is 29.4 Å². The molecule has 3 rings (SSSR count). The Bertz CT molecular complexity index is 843. The van der Waals surface area contributed by atoms with Crippen LogP contribution in [0.4, 0.5) is 4.79 Å². The molecule has 25 heavy (non-hydrogen) atoms. The second-order valence-electron chi connectivity index (χ2n) is 6.33. The first kappa shape index (κ1) is 17.6. The number of hydrogen-bond acceptors (Lipinski definition) is 3. The maximum Gasteiger partial charge on any atom is 0.373 e. The average molecular weight is 355 g/mol. The lowest BCUT2D eigenvalue weighted by molar-refractivity contribution is -0.858. The number of thioether (sulfide) groups is 1. The molecule has 3 aromatic rings. The lowest BCUT2D eigenvalue weighted by Crippen LogP contribution is -3.05. The molecular weight excluding hydrogens is 332 g/mol. The summed E-state index contributed by atoms with van der Waals surface area (Å²) in [7, 11) is 4.27. The third-order valence-electron chi connectivity index (χ3n) is 4.04. The molecule has 0 aliphatic carbocycles. The first-order valence-corrected chi connectivity index (χ1v) is 9.38.